The Morgan fingerprint density at radius 2 is 1.52 bits per heavy atom. The fourth-order valence-electron chi connectivity index (χ4n) is 2.21. The van der Waals surface area contributed by atoms with Crippen molar-refractivity contribution in [2.24, 2.45) is 0 Å². The zero-order chi connectivity index (χ0) is 14.7. The molecule has 1 aromatic heterocycles. The third-order valence-electron chi connectivity index (χ3n) is 3.31. The first kappa shape index (κ1) is 13.6. The van der Waals surface area contributed by atoms with Gasteiger partial charge in [-0.2, -0.15) is 0 Å². The molecule has 3 heteroatoms. The molecule has 1 N–H and O–H groups in total. The summed E-state index contributed by atoms with van der Waals surface area (Å²) in [6.45, 7) is 0. The molecule has 0 unspecified atom stereocenters. The van der Waals surface area contributed by atoms with Crippen molar-refractivity contribution in [3.05, 3.63) is 88.1 Å². The van der Waals surface area contributed by atoms with Crippen LogP contribution in [0.4, 0.5) is 0 Å². The van der Waals surface area contributed by atoms with Gasteiger partial charge in [0.25, 0.3) is 0 Å². The first-order chi connectivity index (χ1) is 10.2. The summed E-state index contributed by atoms with van der Waals surface area (Å²) in [4.78, 5) is 13.1. The standard InChI is InChI=1S/C18H14O2S/c19-16-12-17(14-9-5-2-6-10-14)21-18(20)15(16)11-13-7-3-1-4-8-13/h1-10,12,20H,11H2. The first-order valence-corrected chi connectivity index (χ1v) is 7.51. The molecule has 0 saturated carbocycles. The van der Waals surface area contributed by atoms with Crippen molar-refractivity contribution in [3.63, 3.8) is 0 Å². The minimum atomic E-state index is -0.117. The topological polar surface area (TPSA) is 37.3 Å². The zero-order valence-electron chi connectivity index (χ0n) is 11.3. The number of benzene rings is 2. The smallest absolute Gasteiger partial charge is 0.188 e. The van der Waals surface area contributed by atoms with Crippen LogP contribution in [0, 0.1) is 0 Å². The van der Waals surface area contributed by atoms with Crippen molar-refractivity contribution in [1.29, 1.82) is 0 Å². The molecular weight excluding hydrogens is 280 g/mol. The molecule has 21 heavy (non-hydrogen) atoms. The third kappa shape index (κ3) is 3.03. The van der Waals surface area contributed by atoms with Gasteiger partial charge in [-0.05, 0) is 11.1 Å². The van der Waals surface area contributed by atoms with Gasteiger partial charge < -0.3 is 5.11 Å². The van der Waals surface area contributed by atoms with Crippen molar-refractivity contribution in [2.45, 2.75) is 6.42 Å². The minimum absolute atomic E-state index is 0.102. The Labute approximate surface area is 127 Å². The second-order valence-electron chi connectivity index (χ2n) is 4.79. The Morgan fingerprint density at radius 1 is 0.905 bits per heavy atom. The summed E-state index contributed by atoms with van der Waals surface area (Å²) >= 11 is 1.25. The van der Waals surface area contributed by atoms with Crippen LogP contribution < -0.4 is 5.43 Å². The molecule has 0 atom stereocenters. The van der Waals surface area contributed by atoms with Crippen molar-refractivity contribution in [2.75, 3.05) is 0 Å². The zero-order valence-corrected chi connectivity index (χ0v) is 12.1. The van der Waals surface area contributed by atoms with E-state index in [1.165, 1.54) is 11.3 Å². The third-order valence-corrected chi connectivity index (χ3v) is 4.32. The van der Waals surface area contributed by atoms with E-state index in [0.29, 0.717) is 12.0 Å². The van der Waals surface area contributed by atoms with Gasteiger partial charge in [-0.1, -0.05) is 72.0 Å². The quantitative estimate of drug-likeness (QED) is 0.790. The maximum Gasteiger partial charge on any atom is 0.188 e. The lowest BCUT2D eigenvalue weighted by Crippen LogP contribution is -2.07. The SMILES string of the molecule is O=c1cc(-c2ccccc2)sc(O)c1Cc1ccccc1. The summed E-state index contributed by atoms with van der Waals surface area (Å²) in [5, 5.41) is 10.3. The van der Waals surface area contributed by atoms with Gasteiger partial charge >= 0.3 is 0 Å². The second kappa shape index (κ2) is 5.94. The molecule has 0 aliphatic heterocycles. The molecule has 0 amide bonds. The van der Waals surface area contributed by atoms with Crippen molar-refractivity contribution < 1.29 is 5.11 Å². The average Bonchev–Trinajstić information content (AvgIpc) is 2.52. The highest BCUT2D eigenvalue weighted by molar-refractivity contribution is 7.16. The van der Waals surface area contributed by atoms with E-state index < -0.39 is 0 Å². The van der Waals surface area contributed by atoms with Crippen LogP contribution in [-0.4, -0.2) is 5.11 Å². The van der Waals surface area contributed by atoms with Crippen molar-refractivity contribution in [1.82, 2.24) is 0 Å². The van der Waals surface area contributed by atoms with Gasteiger partial charge in [0, 0.05) is 17.4 Å². The molecule has 2 aromatic carbocycles. The summed E-state index contributed by atoms with van der Waals surface area (Å²) < 4.78 is 0. The predicted molar refractivity (Wildman–Crippen MR) is 86.9 cm³/mol. The molecule has 3 aromatic rings. The average molecular weight is 294 g/mol. The molecule has 0 bridgehead atoms. The van der Waals surface area contributed by atoms with Crippen LogP contribution in [0.25, 0.3) is 10.4 Å². The van der Waals surface area contributed by atoms with Crippen molar-refractivity contribution >= 4 is 11.3 Å². The normalized spacial score (nSPS) is 10.5. The Bertz CT molecular complexity index is 792. The van der Waals surface area contributed by atoms with Gasteiger partial charge in [-0.15, -0.1) is 0 Å². The minimum Gasteiger partial charge on any atom is -0.499 e. The second-order valence-corrected chi connectivity index (χ2v) is 5.82. The Kier molecular flexibility index (Phi) is 3.84. The van der Waals surface area contributed by atoms with Crippen LogP contribution in [0.5, 0.6) is 5.06 Å². The lowest BCUT2D eigenvalue weighted by Gasteiger charge is -2.06. The fraction of sp³-hybridized carbons (Fsp3) is 0.0556. The van der Waals surface area contributed by atoms with E-state index in [1.54, 1.807) is 6.07 Å². The predicted octanol–water partition coefficient (Wildman–Crippen LogP) is 4.07. The number of rotatable bonds is 3. The van der Waals surface area contributed by atoms with E-state index >= 15 is 0 Å². The molecular formula is C18H14O2S. The maximum absolute atomic E-state index is 12.3. The van der Waals surface area contributed by atoms with Crippen LogP contribution in [0.1, 0.15) is 11.1 Å². The molecule has 0 saturated heterocycles. The summed E-state index contributed by atoms with van der Waals surface area (Å²) in [6, 6.07) is 20.9. The highest BCUT2D eigenvalue weighted by Gasteiger charge is 2.11. The summed E-state index contributed by atoms with van der Waals surface area (Å²) in [5.74, 6) is 0. The molecule has 0 aliphatic rings. The van der Waals surface area contributed by atoms with Crippen LogP contribution in [0.15, 0.2) is 71.5 Å². The van der Waals surface area contributed by atoms with E-state index in [0.717, 1.165) is 16.0 Å². The Hall–Kier alpha value is -2.39. The maximum atomic E-state index is 12.3. The summed E-state index contributed by atoms with van der Waals surface area (Å²) in [5.41, 5.74) is 2.31. The van der Waals surface area contributed by atoms with Crippen LogP contribution in [0.2, 0.25) is 0 Å². The van der Waals surface area contributed by atoms with E-state index in [-0.39, 0.29) is 10.5 Å². The molecule has 0 fully saturated rings. The number of hydrogen-bond acceptors (Lipinski definition) is 3. The van der Waals surface area contributed by atoms with E-state index in [1.807, 2.05) is 60.7 Å². The molecule has 104 valence electrons. The van der Waals surface area contributed by atoms with Crippen molar-refractivity contribution in [3.8, 4) is 15.5 Å². The molecule has 3 rings (SSSR count). The van der Waals surface area contributed by atoms with E-state index in [9.17, 15) is 9.90 Å². The van der Waals surface area contributed by atoms with Gasteiger partial charge in [-0.3, -0.25) is 4.79 Å². The summed E-state index contributed by atoms with van der Waals surface area (Å²) in [6.07, 6.45) is 0.455. The van der Waals surface area contributed by atoms with Crippen LogP contribution >= 0.6 is 11.3 Å². The first-order valence-electron chi connectivity index (χ1n) is 6.69. The Balaban J connectivity index is 1.99. The van der Waals surface area contributed by atoms with Gasteiger partial charge in [0.2, 0.25) is 0 Å². The van der Waals surface area contributed by atoms with E-state index in [2.05, 4.69) is 0 Å². The van der Waals surface area contributed by atoms with Gasteiger partial charge in [-0.25, -0.2) is 0 Å². The lowest BCUT2D eigenvalue weighted by atomic mass is 10.1. The molecule has 0 aliphatic carbocycles. The number of aromatic hydroxyl groups is 1. The molecule has 0 spiro atoms. The Morgan fingerprint density at radius 3 is 2.14 bits per heavy atom. The fourth-order valence-corrected chi connectivity index (χ4v) is 3.14. The molecule has 1 heterocycles. The van der Waals surface area contributed by atoms with Crippen LogP contribution in [-0.2, 0) is 6.42 Å². The highest BCUT2D eigenvalue weighted by atomic mass is 32.1. The van der Waals surface area contributed by atoms with Crippen LogP contribution in [0.3, 0.4) is 0 Å². The summed E-state index contributed by atoms with van der Waals surface area (Å²) in [7, 11) is 0. The van der Waals surface area contributed by atoms with E-state index in [4.69, 9.17) is 0 Å². The molecule has 0 radical (unpaired) electrons. The van der Waals surface area contributed by atoms with Gasteiger partial charge in [0.1, 0.15) is 0 Å². The van der Waals surface area contributed by atoms with Gasteiger partial charge in [0.05, 0.1) is 5.56 Å². The largest absolute Gasteiger partial charge is 0.499 e. The lowest BCUT2D eigenvalue weighted by molar-refractivity contribution is 0.484. The highest BCUT2D eigenvalue weighted by Crippen LogP contribution is 2.31. The number of hydrogen-bond donors (Lipinski definition) is 1. The molecule has 2 nitrogen and oxygen atoms in total. The monoisotopic (exact) mass is 294 g/mol. The van der Waals surface area contributed by atoms with Gasteiger partial charge in [0.15, 0.2) is 10.5 Å².